The van der Waals surface area contributed by atoms with Crippen LogP contribution in [0.2, 0.25) is 0 Å². The van der Waals surface area contributed by atoms with E-state index < -0.39 is 5.97 Å². The largest absolute Gasteiger partial charge is 0.481 e. The van der Waals surface area contributed by atoms with Gasteiger partial charge in [0.05, 0.1) is 11.6 Å². The normalized spacial score (nSPS) is 12.8. The van der Waals surface area contributed by atoms with Crippen molar-refractivity contribution in [1.29, 1.82) is 0 Å². The maximum atomic E-state index is 10.7. The van der Waals surface area contributed by atoms with Crippen molar-refractivity contribution < 1.29 is 9.90 Å². The summed E-state index contributed by atoms with van der Waals surface area (Å²) in [7, 11) is 1.90. The van der Waals surface area contributed by atoms with Crippen molar-refractivity contribution in [3.63, 3.8) is 0 Å². The summed E-state index contributed by atoms with van der Waals surface area (Å²) in [6, 6.07) is 3.98. The molecular formula is C12H18N2O2. The molecule has 0 bridgehead atoms. The number of hydrogen-bond acceptors (Lipinski definition) is 3. The Bertz CT molecular complexity index is 349. The maximum Gasteiger partial charge on any atom is 0.307 e. The fourth-order valence-corrected chi connectivity index (χ4v) is 1.48. The highest BCUT2D eigenvalue weighted by molar-refractivity contribution is 5.69. The molecule has 1 aromatic rings. The molecule has 0 saturated heterocycles. The highest BCUT2D eigenvalue weighted by Gasteiger charge is 2.13. The second-order valence-electron chi connectivity index (χ2n) is 4.26. The molecule has 1 rings (SSSR count). The van der Waals surface area contributed by atoms with E-state index >= 15 is 0 Å². The Morgan fingerprint density at radius 1 is 1.56 bits per heavy atom. The quantitative estimate of drug-likeness (QED) is 0.821. The van der Waals surface area contributed by atoms with Crippen LogP contribution < -0.4 is 0 Å². The molecule has 16 heavy (non-hydrogen) atoms. The van der Waals surface area contributed by atoms with Crippen molar-refractivity contribution in [2.45, 2.75) is 20.4 Å². The van der Waals surface area contributed by atoms with Gasteiger partial charge in [-0.3, -0.25) is 14.7 Å². The molecule has 1 N–H and O–H groups in total. The first-order valence-electron chi connectivity index (χ1n) is 5.32. The average Bonchev–Trinajstić information content (AvgIpc) is 2.21. The molecule has 1 aromatic heterocycles. The molecule has 0 aromatic carbocycles. The summed E-state index contributed by atoms with van der Waals surface area (Å²) in [5.41, 5.74) is 2.09. The van der Waals surface area contributed by atoms with Crippen molar-refractivity contribution >= 4 is 5.97 Å². The van der Waals surface area contributed by atoms with E-state index in [1.54, 1.807) is 6.92 Å². The number of carboxylic acid groups (broad SMARTS) is 1. The summed E-state index contributed by atoms with van der Waals surface area (Å²) in [4.78, 5) is 16.9. The average molecular weight is 222 g/mol. The van der Waals surface area contributed by atoms with Gasteiger partial charge in [-0.1, -0.05) is 13.0 Å². The number of rotatable bonds is 5. The van der Waals surface area contributed by atoms with Gasteiger partial charge >= 0.3 is 5.97 Å². The minimum Gasteiger partial charge on any atom is -0.481 e. The first-order valence-corrected chi connectivity index (χ1v) is 5.32. The topological polar surface area (TPSA) is 53.4 Å². The third-order valence-corrected chi connectivity index (χ3v) is 2.41. The predicted octanol–water partition coefficient (Wildman–Crippen LogP) is 1.54. The molecule has 0 fully saturated rings. The number of carboxylic acids is 1. The molecule has 0 aliphatic heterocycles. The first kappa shape index (κ1) is 12.6. The van der Waals surface area contributed by atoms with Gasteiger partial charge < -0.3 is 5.11 Å². The van der Waals surface area contributed by atoms with Crippen LogP contribution in [-0.2, 0) is 11.3 Å². The van der Waals surface area contributed by atoms with E-state index in [1.807, 2.05) is 37.2 Å². The molecule has 0 saturated carbocycles. The summed E-state index contributed by atoms with van der Waals surface area (Å²) in [6.45, 7) is 4.91. The highest BCUT2D eigenvalue weighted by Crippen LogP contribution is 2.04. The molecule has 88 valence electrons. The van der Waals surface area contributed by atoms with Gasteiger partial charge in [-0.2, -0.15) is 0 Å². The van der Waals surface area contributed by atoms with Crippen LogP contribution in [0.4, 0.5) is 0 Å². The van der Waals surface area contributed by atoms with Crippen LogP contribution in [0.5, 0.6) is 0 Å². The van der Waals surface area contributed by atoms with Crippen molar-refractivity contribution in [1.82, 2.24) is 9.88 Å². The van der Waals surface area contributed by atoms with Crippen molar-refractivity contribution in [2.75, 3.05) is 13.6 Å². The van der Waals surface area contributed by atoms with Gasteiger partial charge in [0, 0.05) is 19.3 Å². The minimum atomic E-state index is -0.760. The molecule has 1 unspecified atom stereocenters. The van der Waals surface area contributed by atoms with Crippen LogP contribution in [0.25, 0.3) is 0 Å². The van der Waals surface area contributed by atoms with Gasteiger partial charge in [-0.15, -0.1) is 0 Å². The zero-order chi connectivity index (χ0) is 12.1. The van der Waals surface area contributed by atoms with E-state index in [0.29, 0.717) is 13.1 Å². The first-order chi connectivity index (χ1) is 7.49. The number of aromatic nitrogens is 1. The molecule has 4 nitrogen and oxygen atoms in total. The van der Waals surface area contributed by atoms with E-state index in [4.69, 9.17) is 5.11 Å². The van der Waals surface area contributed by atoms with E-state index in [-0.39, 0.29) is 5.92 Å². The lowest BCUT2D eigenvalue weighted by atomic mass is 10.1. The van der Waals surface area contributed by atoms with Crippen LogP contribution in [0.1, 0.15) is 18.2 Å². The van der Waals surface area contributed by atoms with Gasteiger partial charge in [0.2, 0.25) is 0 Å². The number of aryl methyl sites for hydroxylation is 1. The molecular weight excluding hydrogens is 204 g/mol. The second-order valence-corrected chi connectivity index (χ2v) is 4.26. The third kappa shape index (κ3) is 3.98. The van der Waals surface area contributed by atoms with Gasteiger partial charge in [0.1, 0.15) is 0 Å². The lowest BCUT2D eigenvalue weighted by Crippen LogP contribution is -2.28. The van der Waals surface area contributed by atoms with Crippen LogP contribution in [0.3, 0.4) is 0 Å². The Balaban J connectivity index is 2.48. The van der Waals surface area contributed by atoms with Crippen LogP contribution >= 0.6 is 0 Å². The molecule has 0 aliphatic rings. The zero-order valence-electron chi connectivity index (χ0n) is 9.97. The number of nitrogens with zero attached hydrogens (tertiary/aromatic N) is 2. The SMILES string of the molecule is Cc1ccc(CN(C)CC(C)C(=O)O)nc1. The van der Waals surface area contributed by atoms with E-state index in [1.165, 1.54) is 0 Å². The number of carbonyl (C=O) groups is 1. The summed E-state index contributed by atoms with van der Waals surface area (Å²) in [5.74, 6) is -1.11. The zero-order valence-corrected chi connectivity index (χ0v) is 9.97. The molecule has 0 spiro atoms. The van der Waals surface area contributed by atoms with Gasteiger partial charge in [0.15, 0.2) is 0 Å². The molecule has 0 amide bonds. The van der Waals surface area contributed by atoms with Gasteiger partial charge in [0.25, 0.3) is 0 Å². The maximum absolute atomic E-state index is 10.7. The summed E-state index contributed by atoms with van der Waals surface area (Å²) in [5, 5.41) is 8.79. The van der Waals surface area contributed by atoms with Gasteiger partial charge in [-0.05, 0) is 25.6 Å². The Morgan fingerprint density at radius 2 is 2.25 bits per heavy atom. The predicted molar refractivity (Wildman–Crippen MR) is 62.1 cm³/mol. The monoisotopic (exact) mass is 222 g/mol. The van der Waals surface area contributed by atoms with E-state index in [0.717, 1.165) is 11.3 Å². The van der Waals surface area contributed by atoms with E-state index in [2.05, 4.69) is 4.98 Å². The molecule has 4 heteroatoms. The van der Waals surface area contributed by atoms with E-state index in [9.17, 15) is 4.79 Å². The fraction of sp³-hybridized carbons (Fsp3) is 0.500. The van der Waals surface area contributed by atoms with Crippen molar-refractivity contribution in [3.05, 3.63) is 29.6 Å². The van der Waals surface area contributed by atoms with Crippen LogP contribution in [0.15, 0.2) is 18.3 Å². The Morgan fingerprint density at radius 3 is 2.75 bits per heavy atom. The summed E-state index contributed by atoms with van der Waals surface area (Å²) < 4.78 is 0. The molecule has 1 heterocycles. The Labute approximate surface area is 95.9 Å². The van der Waals surface area contributed by atoms with Crippen LogP contribution in [-0.4, -0.2) is 34.6 Å². The standard InChI is InChI=1S/C12H18N2O2/c1-9-4-5-11(13-6-9)8-14(3)7-10(2)12(15)16/h4-6,10H,7-8H2,1-3H3,(H,15,16). The number of hydrogen-bond donors (Lipinski definition) is 1. The van der Waals surface area contributed by atoms with Crippen molar-refractivity contribution in [2.24, 2.45) is 5.92 Å². The minimum absolute atomic E-state index is 0.351. The number of pyridine rings is 1. The highest BCUT2D eigenvalue weighted by atomic mass is 16.4. The second kappa shape index (κ2) is 5.61. The number of aliphatic carboxylic acids is 1. The van der Waals surface area contributed by atoms with Crippen molar-refractivity contribution in [3.8, 4) is 0 Å². The lowest BCUT2D eigenvalue weighted by molar-refractivity contribution is -0.141. The summed E-state index contributed by atoms with van der Waals surface area (Å²) in [6.07, 6.45) is 1.82. The van der Waals surface area contributed by atoms with Crippen LogP contribution in [0, 0.1) is 12.8 Å². The summed E-state index contributed by atoms with van der Waals surface area (Å²) >= 11 is 0. The Kier molecular flexibility index (Phi) is 4.43. The Hall–Kier alpha value is -1.42. The third-order valence-electron chi connectivity index (χ3n) is 2.41. The smallest absolute Gasteiger partial charge is 0.307 e. The fourth-order valence-electron chi connectivity index (χ4n) is 1.48. The lowest BCUT2D eigenvalue weighted by Gasteiger charge is -2.18. The van der Waals surface area contributed by atoms with Gasteiger partial charge in [-0.25, -0.2) is 0 Å². The molecule has 0 radical (unpaired) electrons. The molecule has 1 atom stereocenters. The molecule has 0 aliphatic carbocycles.